The van der Waals surface area contributed by atoms with Crippen LogP contribution >= 0.6 is 0 Å². The Labute approximate surface area is 89.1 Å². The van der Waals surface area contributed by atoms with Gasteiger partial charge in [-0.15, -0.1) is 0 Å². The lowest BCUT2D eigenvalue weighted by atomic mass is 10.1. The zero-order valence-corrected chi connectivity index (χ0v) is 7.91. The van der Waals surface area contributed by atoms with Gasteiger partial charge in [-0.3, -0.25) is 14.9 Å². The van der Waals surface area contributed by atoms with Crippen molar-refractivity contribution in [3.63, 3.8) is 0 Å². The molecule has 0 heterocycles. The van der Waals surface area contributed by atoms with Crippen molar-refractivity contribution in [2.24, 2.45) is 0 Å². The standard InChI is InChI=1S/C9H7NO6/c11-8(12)3-5-1-6(9(13)14)4-7(2-5)10(15)16/h1-2,4H,3H2,(H,11,12)(H,13,14). The highest BCUT2D eigenvalue weighted by Gasteiger charge is 2.14. The SMILES string of the molecule is O=C(O)Cc1cc(C(=O)O)cc([N+](=O)[O-])c1. The Morgan fingerprint density at radius 3 is 2.31 bits per heavy atom. The highest BCUT2D eigenvalue weighted by molar-refractivity contribution is 5.89. The van der Waals surface area contributed by atoms with Gasteiger partial charge in [-0.05, 0) is 11.6 Å². The van der Waals surface area contributed by atoms with E-state index in [1.165, 1.54) is 0 Å². The molecule has 16 heavy (non-hydrogen) atoms. The molecule has 0 atom stereocenters. The number of nitro benzene ring substituents is 1. The van der Waals surface area contributed by atoms with Crippen molar-refractivity contribution in [2.75, 3.05) is 0 Å². The smallest absolute Gasteiger partial charge is 0.335 e. The van der Waals surface area contributed by atoms with Gasteiger partial charge in [-0.1, -0.05) is 0 Å². The predicted molar refractivity (Wildman–Crippen MR) is 51.4 cm³/mol. The number of nitro groups is 1. The van der Waals surface area contributed by atoms with Crippen molar-refractivity contribution in [3.8, 4) is 0 Å². The maximum absolute atomic E-state index is 10.6. The first kappa shape index (κ1) is 11.6. The van der Waals surface area contributed by atoms with E-state index in [0.29, 0.717) is 0 Å². The number of aromatic carboxylic acids is 1. The Balaban J connectivity index is 3.23. The van der Waals surface area contributed by atoms with Gasteiger partial charge >= 0.3 is 11.9 Å². The molecule has 0 bridgehead atoms. The average Bonchev–Trinajstić information content (AvgIpc) is 2.15. The summed E-state index contributed by atoms with van der Waals surface area (Å²) < 4.78 is 0. The number of benzene rings is 1. The number of non-ortho nitro benzene ring substituents is 1. The first-order valence-corrected chi connectivity index (χ1v) is 4.13. The van der Waals surface area contributed by atoms with E-state index in [9.17, 15) is 19.7 Å². The lowest BCUT2D eigenvalue weighted by Crippen LogP contribution is -2.04. The molecule has 0 aromatic heterocycles. The fourth-order valence-corrected chi connectivity index (χ4v) is 1.18. The predicted octanol–water partition coefficient (Wildman–Crippen LogP) is 0.920. The van der Waals surface area contributed by atoms with Gasteiger partial charge in [-0.2, -0.15) is 0 Å². The third-order valence-corrected chi connectivity index (χ3v) is 1.79. The Kier molecular flexibility index (Phi) is 3.19. The van der Waals surface area contributed by atoms with Gasteiger partial charge in [0.15, 0.2) is 0 Å². The maximum atomic E-state index is 10.6. The molecule has 0 saturated heterocycles. The molecular formula is C9H7NO6. The molecule has 0 spiro atoms. The van der Waals surface area contributed by atoms with E-state index < -0.39 is 29.0 Å². The zero-order valence-electron chi connectivity index (χ0n) is 7.91. The van der Waals surface area contributed by atoms with Crippen LogP contribution in [-0.4, -0.2) is 27.1 Å². The van der Waals surface area contributed by atoms with Crippen LogP contribution in [0.3, 0.4) is 0 Å². The molecule has 0 aliphatic rings. The number of aliphatic carboxylic acids is 1. The first-order valence-electron chi connectivity index (χ1n) is 4.13. The molecule has 2 N–H and O–H groups in total. The van der Waals surface area contributed by atoms with Crippen molar-refractivity contribution in [3.05, 3.63) is 39.4 Å². The van der Waals surface area contributed by atoms with E-state index in [0.717, 1.165) is 18.2 Å². The minimum Gasteiger partial charge on any atom is -0.481 e. The molecule has 0 amide bonds. The van der Waals surface area contributed by atoms with Crippen molar-refractivity contribution in [1.82, 2.24) is 0 Å². The lowest BCUT2D eigenvalue weighted by molar-refractivity contribution is -0.384. The summed E-state index contributed by atoms with van der Waals surface area (Å²) in [6.07, 6.45) is -0.456. The van der Waals surface area contributed by atoms with Crippen LogP contribution < -0.4 is 0 Å². The van der Waals surface area contributed by atoms with Gasteiger partial charge in [0.2, 0.25) is 0 Å². The number of carbonyl (C=O) groups is 2. The van der Waals surface area contributed by atoms with E-state index >= 15 is 0 Å². The highest BCUT2D eigenvalue weighted by atomic mass is 16.6. The molecule has 0 aliphatic carbocycles. The summed E-state index contributed by atoms with van der Waals surface area (Å²) in [5.74, 6) is -2.52. The lowest BCUT2D eigenvalue weighted by Gasteiger charge is -2.00. The van der Waals surface area contributed by atoms with Crippen LogP contribution in [0.5, 0.6) is 0 Å². The fourth-order valence-electron chi connectivity index (χ4n) is 1.18. The van der Waals surface area contributed by atoms with E-state index in [4.69, 9.17) is 10.2 Å². The summed E-state index contributed by atoms with van der Waals surface area (Å²) in [6, 6.07) is 3.03. The summed E-state index contributed by atoms with van der Waals surface area (Å²) in [6.45, 7) is 0. The molecule has 0 radical (unpaired) electrons. The van der Waals surface area contributed by atoms with Crippen LogP contribution in [0.4, 0.5) is 5.69 Å². The van der Waals surface area contributed by atoms with Gasteiger partial charge in [0, 0.05) is 12.1 Å². The summed E-state index contributed by atoms with van der Waals surface area (Å²) in [4.78, 5) is 30.8. The zero-order chi connectivity index (χ0) is 12.3. The van der Waals surface area contributed by atoms with Crippen LogP contribution in [0.2, 0.25) is 0 Å². The minimum atomic E-state index is -1.34. The van der Waals surface area contributed by atoms with E-state index in [2.05, 4.69) is 0 Å². The molecule has 1 aromatic rings. The number of nitrogens with zero attached hydrogens (tertiary/aromatic N) is 1. The molecule has 7 nitrogen and oxygen atoms in total. The molecule has 0 aliphatic heterocycles. The maximum Gasteiger partial charge on any atom is 0.335 e. The van der Waals surface area contributed by atoms with E-state index in [1.54, 1.807) is 0 Å². The Morgan fingerprint density at radius 2 is 1.88 bits per heavy atom. The summed E-state index contributed by atoms with van der Waals surface area (Å²) in [5.41, 5.74) is -0.652. The van der Waals surface area contributed by atoms with Crippen molar-refractivity contribution >= 4 is 17.6 Å². The van der Waals surface area contributed by atoms with Gasteiger partial charge < -0.3 is 10.2 Å². The van der Waals surface area contributed by atoms with Gasteiger partial charge in [0.1, 0.15) is 0 Å². The molecule has 1 rings (SSSR count). The molecular weight excluding hydrogens is 218 g/mol. The van der Waals surface area contributed by atoms with Crippen molar-refractivity contribution in [1.29, 1.82) is 0 Å². The van der Waals surface area contributed by atoms with Gasteiger partial charge in [0.05, 0.1) is 16.9 Å². The second kappa shape index (κ2) is 4.39. The molecule has 0 unspecified atom stereocenters. The fraction of sp³-hybridized carbons (Fsp3) is 0.111. The summed E-state index contributed by atoms with van der Waals surface area (Å²) in [7, 11) is 0. The monoisotopic (exact) mass is 225 g/mol. The van der Waals surface area contributed by atoms with Crippen molar-refractivity contribution < 1.29 is 24.7 Å². The van der Waals surface area contributed by atoms with Crippen LogP contribution in [0.1, 0.15) is 15.9 Å². The normalized spacial score (nSPS) is 9.75. The van der Waals surface area contributed by atoms with Crippen molar-refractivity contribution in [2.45, 2.75) is 6.42 Å². The second-order valence-electron chi connectivity index (χ2n) is 3.02. The van der Waals surface area contributed by atoms with Crippen LogP contribution in [-0.2, 0) is 11.2 Å². The van der Waals surface area contributed by atoms with E-state index in [-0.39, 0.29) is 11.1 Å². The Hall–Kier alpha value is -2.44. The highest BCUT2D eigenvalue weighted by Crippen LogP contribution is 2.17. The number of hydrogen-bond donors (Lipinski definition) is 2. The Bertz CT molecular complexity index is 435. The van der Waals surface area contributed by atoms with Crippen LogP contribution in [0, 0.1) is 10.1 Å². The summed E-state index contributed by atoms with van der Waals surface area (Å²) in [5, 5.41) is 27.7. The summed E-state index contributed by atoms with van der Waals surface area (Å²) >= 11 is 0. The molecule has 7 heteroatoms. The topological polar surface area (TPSA) is 118 Å². The van der Waals surface area contributed by atoms with Gasteiger partial charge in [0.25, 0.3) is 5.69 Å². The largest absolute Gasteiger partial charge is 0.481 e. The molecule has 1 aromatic carbocycles. The minimum absolute atomic E-state index is 0.0825. The number of carboxylic acid groups (broad SMARTS) is 2. The molecule has 84 valence electrons. The third kappa shape index (κ3) is 2.77. The third-order valence-electron chi connectivity index (χ3n) is 1.79. The van der Waals surface area contributed by atoms with E-state index in [1.807, 2.05) is 0 Å². The number of rotatable bonds is 4. The molecule has 0 fully saturated rings. The van der Waals surface area contributed by atoms with Crippen LogP contribution in [0.25, 0.3) is 0 Å². The molecule has 0 saturated carbocycles. The number of hydrogen-bond acceptors (Lipinski definition) is 4. The Morgan fingerprint density at radius 1 is 1.25 bits per heavy atom. The van der Waals surface area contributed by atoms with Gasteiger partial charge in [-0.25, -0.2) is 4.79 Å². The quantitative estimate of drug-likeness (QED) is 0.581. The second-order valence-corrected chi connectivity index (χ2v) is 3.02. The van der Waals surface area contributed by atoms with Crippen LogP contribution in [0.15, 0.2) is 18.2 Å². The number of carboxylic acids is 2. The average molecular weight is 225 g/mol. The first-order chi connectivity index (χ1) is 7.40.